The van der Waals surface area contributed by atoms with E-state index >= 15 is 0 Å². The molecule has 5 rings (SSSR count). The molecule has 0 aliphatic carbocycles. The molecule has 5 aromatic carbocycles. The van der Waals surface area contributed by atoms with Gasteiger partial charge in [-0.2, -0.15) is 13.2 Å². The van der Waals surface area contributed by atoms with Crippen LogP contribution in [0.5, 0.6) is 11.5 Å². The van der Waals surface area contributed by atoms with Gasteiger partial charge < -0.3 is 14.8 Å². The van der Waals surface area contributed by atoms with Gasteiger partial charge in [0.05, 0.1) is 12.2 Å². The minimum absolute atomic E-state index is 0.161. The third-order valence-electron chi connectivity index (χ3n) is 8.11. The van der Waals surface area contributed by atoms with E-state index < -0.39 is 11.7 Å². The summed E-state index contributed by atoms with van der Waals surface area (Å²) in [6, 6.07) is 27.9. The number of benzene rings is 5. The van der Waals surface area contributed by atoms with Gasteiger partial charge in [0.15, 0.2) is 6.29 Å². The van der Waals surface area contributed by atoms with Crippen LogP contribution in [0.3, 0.4) is 0 Å². The van der Waals surface area contributed by atoms with E-state index in [0.717, 1.165) is 76.3 Å². The average molecular weight is 684 g/mol. The first-order valence-corrected chi connectivity index (χ1v) is 16.4. The monoisotopic (exact) mass is 683 g/mol. The van der Waals surface area contributed by atoms with Crippen molar-refractivity contribution in [3.63, 3.8) is 0 Å². The maximum atomic E-state index is 13.0. The second-order valence-corrected chi connectivity index (χ2v) is 11.7. The Morgan fingerprint density at radius 2 is 1.40 bits per heavy atom. The molecule has 0 aromatic heterocycles. The minimum atomic E-state index is -4.38. The Morgan fingerprint density at radius 3 is 1.98 bits per heavy atom. The normalized spacial score (nSPS) is 10.9. The van der Waals surface area contributed by atoms with Crippen molar-refractivity contribution in [1.29, 1.82) is 0 Å². The number of amides is 1. The number of nitrogens with one attached hydrogen (secondary N) is 1. The summed E-state index contributed by atoms with van der Waals surface area (Å²) in [5, 5.41) is 3.86. The van der Waals surface area contributed by atoms with Gasteiger partial charge in [-0.25, -0.2) is 0 Å². The number of ether oxygens (including phenoxy) is 2. The number of hydrogen-bond acceptors (Lipinski definition) is 5. The molecule has 0 saturated carbocycles. The van der Waals surface area contributed by atoms with Crippen molar-refractivity contribution >= 4 is 29.4 Å². The Labute approximate surface area is 290 Å². The molecule has 0 saturated heterocycles. The van der Waals surface area contributed by atoms with Crippen molar-refractivity contribution < 1.29 is 37.0 Å². The number of hydrogen-bond donors (Lipinski definition) is 1. The van der Waals surface area contributed by atoms with Crippen LogP contribution in [0.4, 0.5) is 13.2 Å². The molecule has 1 N–H and O–H groups in total. The molecule has 5 aromatic rings. The van der Waals surface area contributed by atoms with Gasteiger partial charge in [0, 0.05) is 29.8 Å². The van der Waals surface area contributed by atoms with E-state index in [1.54, 1.807) is 43.4 Å². The molecule has 0 bridgehead atoms. The smallest absolute Gasteiger partial charge is 0.416 e. The lowest BCUT2D eigenvalue weighted by molar-refractivity contribution is -0.144. The van der Waals surface area contributed by atoms with Gasteiger partial charge in [-0.3, -0.25) is 14.4 Å². The van der Waals surface area contributed by atoms with Crippen LogP contribution >= 0.6 is 0 Å². The number of unbranched alkanes of at least 4 members (excludes halogenated alkanes) is 1. The molecular formula is C41H40F3NO5. The van der Waals surface area contributed by atoms with E-state index in [0.29, 0.717) is 48.5 Å². The predicted octanol–water partition coefficient (Wildman–Crippen LogP) is 10.1. The van der Waals surface area contributed by atoms with Crippen LogP contribution in [0, 0.1) is 6.92 Å². The zero-order valence-electron chi connectivity index (χ0n) is 28.3. The molecule has 0 unspecified atom stereocenters. The van der Waals surface area contributed by atoms with E-state index in [-0.39, 0.29) is 5.97 Å². The molecule has 0 atom stereocenters. The highest BCUT2D eigenvalue weighted by Crippen LogP contribution is 2.40. The van der Waals surface area contributed by atoms with Crippen LogP contribution < -0.4 is 10.1 Å². The zero-order valence-corrected chi connectivity index (χ0v) is 28.3. The lowest BCUT2D eigenvalue weighted by atomic mass is 9.91. The number of halogens is 3. The van der Waals surface area contributed by atoms with Crippen LogP contribution in [-0.2, 0) is 26.9 Å². The summed E-state index contributed by atoms with van der Waals surface area (Å²) in [6.45, 7) is 4.50. The van der Waals surface area contributed by atoms with Crippen molar-refractivity contribution in [1.82, 2.24) is 5.32 Å². The summed E-state index contributed by atoms with van der Waals surface area (Å²) in [5.74, 6) is 0.981. The molecule has 0 spiro atoms. The number of esters is 1. The molecule has 260 valence electrons. The van der Waals surface area contributed by atoms with Gasteiger partial charge in [0.2, 0.25) is 6.41 Å². The Morgan fingerprint density at radius 1 is 0.780 bits per heavy atom. The molecule has 0 fully saturated rings. The van der Waals surface area contributed by atoms with E-state index in [1.165, 1.54) is 12.1 Å². The first-order chi connectivity index (χ1) is 24.1. The van der Waals surface area contributed by atoms with Gasteiger partial charge in [-0.05, 0) is 96.0 Å². The first-order valence-electron chi connectivity index (χ1n) is 16.4. The SMILES string of the molecule is CCCCOC(=O)CCCc1ccc(-c2ccc(C)c3c(Oc4ccc(-c5ccc(C(F)(F)F)cc5)cc4)ccc(C=O)c23)cc1.CNC=O. The van der Waals surface area contributed by atoms with Crippen molar-refractivity contribution in [3.05, 3.63) is 119 Å². The fourth-order valence-electron chi connectivity index (χ4n) is 5.46. The Hall–Kier alpha value is -5.44. The summed E-state index contributed by atoms with van der Waals surface area (Å²) in [6.07, 6.45) is 0.808. The van der Waals surface area contributed by atoms with Crippen molar-refractivity contribution in [2.24, 2.45) is 0 Å². The summed E-state index contributed by atoms with van der Waals surface area (Å²) in [4.78, 5) is 33.2. The predicted molar refractivity (Wildman–Crippen MR) is 190 cm³/mol. The highest BCUT2D eigenvalue weighted by atomic mass is 19.4. The summed E-state index contributed by atoms with van der Waals surface area (Å²) < 4.78 is 50.4. The molecule has 0 heterocycles. The summed E-state index contributed by atoms with van der Waals surface area (Å²) >= 11 is 0. The fourth-order valence-corrected chi connectivity index (χ4v) is 5.46. The Balaban J connectivity index is 0.00000133. The Kier molecular flexibility index (Phi) is 13.3. The molecule has 6 nitrogen and oxygen atoms in total. The van der Waals surface area contributed by atoms with E-state index in [2.05, 4.69) is 12.2 Å². The number of carbonyl (C=O) groups is 3. The van der Waals surface area contributed by atoms with Crippen LogP contribution in [-0.4, -0.2) is 32.3 Å². The second kappa shape index (κ2) is 17.8. The topological polar surface area (TPSA) is 81.7 Å². The third kappa shape index (κ3) is 9.81. The molecule has 0 aliphatic heterocycles. The molecule has 9 heteroatoms. The lowest BCUT2D eigenvalue weighted by Crippen LogP contribution is -2.05. The van der Waals surface area contributed by atoms with E-state index in [4.69, 9.17) is 14.3 Å². The van der Waals surface area contributed by atoms with Crippen LogP contribution in [0.2, 0.25) is 0 Å². The maximum absolute atomic E-state index is 13.0. The van der Waals surface area contributed by atoms with Crippen LogP contribution in [0.25, 0.3) is 33.0 Å². The minimum Gasteiger partial charge on any atom is -0.466 e. The lowest BCUT2D eigenvalue weighted by Gasteiger charge is -2.16. The van der Waals surface area contributed by atoms with Gasteiger partial charge in [-0.15, -0.1) is 0 Å². The summed E-state index contributed by atoms with van der Waals surface area (Å²) in [7, 11) is 1.56. The van der Waals surface area contributed by atoms with E-state index in [9.17, 15) is 22.8 Å². The number of fused-ring (bicyclic) bond motifs is 1. The zero-order chi connectivity index (χ0) is 36.1. The Bertz CT molecular complexity index is 1880. The number of alkyl halides is 3. The van der Waals surface area contributed by atoms with E-state index in [1.807, 2.05) is 43.3 Å². The molecule has 0 aliphatic rings. The van der Waals surface area contributed by atoms with Crippen molar-refractivity contribution in [2.45, 2.75) is 52.1 Å². The van der Waals surface area contributed by atoms with Crippen molar-refractivity contribution in [3.8, 4) is 33.8 Å². The summed E-state index contributed by atoms with van der Waals surface area (Å²) in [5.41, 5.74) is 5.19. The van der Waals surface area contributed by atoms with Crippen molar-refractivity contribution in [2.75, 3.05) is 13.7 Å². The van der Waals surface area contributed by atoms with Gasteiger partial charge in [0.25, 0.3) is 0 Å². The standard InChI is InChI=1S/C39H35F3O4.C2H5NO/c1-3-4-24-45-36(44)7-5-6-27-9-11-30(12-10-27)34-22-8-26(2)37-35(23-17-31(25-43)38(34)37)46-33-20-15-29(16-21-33)28-13-18-32(19-14-28)39(40,41)42;1-3-2-4/h8-23,25H,3-7,24H2,1-2H3;2H,1H3,(H,3,4). The molecular weight excluding hydrogens is 643 g/mol. The van der Waals surface area contributed by atoms with Crippen LogP contribution in [0.15, 0.2) is 97.1 Å². The van der Waals surface area contributed by atoms with Gasteiger partial charge in [0.1, 0.15) is 11.5 Å². The average Bonchev–Trinajstić information content (AvgIpc) is 3.12. The molecule has 50 heavy (non-hydrogen) atoms. The fraction of sp³-hybridized carbons (Fsp3) is 0.244. The largest absolute Gasteiger partial charge is 0.466 e. The quantitative estimate of drug-likeness (QED) is 0.0759. The molecule has 0 radical (unpaired) electrons. The first kappa shape index (κ1) is 37.4. The van der Waals surface area contributed by atoms with Gasteiger partial charge >= 0.3 is 12.1 Å². The third-order valence-corrected chi connectivity index (χ3v) is 8.11. The van der Waals surface area contributed by atoms with Gasteiger partial charge in [-0.1, -0.05) is 74.0 Å². The number of rotatable bonds is 13. The number of aldehydes is 1. The number of aryl methyl sites for hydroxylation is 2. The highest BCUT2D eigenvalue weighted by Gasteiger charge is 2.30. The molecule has 1 amide bonds. The highest BCUT2D eigenvalue weighted by molar-refractivity contribution is 6.10. The number of carbonyl (C=O) groups excluding carboxylic acids is 3. The second-order valence-electron chi connectivity index (χ2n) is 11.7. The van der Waals surface area contributed by atoms with Crippen LogP contribution in [0.1, 0.15) is 59.7 Å². The maximum Gasteiger partial charge on any atom is 0.416 e.